The number of nitrogens with one attached hydrogen (secondary N) is 1. The summed E-state index contributed by atoms with van der Waals surface area (Å²) in [5, 5.41) is 22.9. The van der Waals surface area contributed by atoms with E-state index in [0.29, 0.717) is 33.9 Å². The number of nitro benzene ring substituents is 1. The van der Waals surface area contributed by atoms with Crippen molar-refractivity contribution in [3.63, 3.8) is 0 Å². The number of aromatic nitrogens is 2. The van der Waals surface area contributed by atoms with E-state index in [1.54, 1.807) is 19.2 Å². The van der Waals surface area contributed by atoms with Gasteiger partial charge in [0.1, 0.15) is 5.82 Å². The molecule has 1 heterocycles. The van der Waals surface area contributed by atoms with Crippen molar-refractivity contribution in [1.29, 1.82) is 0 Å². The summed E-state index contributed by atoms with van der Waals surface area (Å²) in [6.07, 6.45) is 0. The lowest BCUT2D eigenvalue weighted by atomic mass is 10.1. The van der Waals surface area contributed by atoms with Crippen LogP contribution in [-0.4, -0.2) is 47.0 Å². The summed E-state index contributed by atoms with van der Waals surface area (Å²) in [5.41, 5.74) is 1.01. The molecule has 1 N–H and O–H groups in total. The Morgan fingerprint density at radius 2 is 2.06 bits per heavy atom. The average Bonchev–Trinajstić information content (AvgIpc) is 3.25. The Morgan fingerprint density at radius 3 is 2.78 bits per heavy atom. The third kappa shape index (κ3) is 6.70. The number of non-ortho nitro benzene ring substituents is 1. The van der Waals surface area contributed by atoms with Gasteiger partial charge in [0.25, 0.3) is 5.69 Å². The summed E-state index contributed by atoms with van der Waals surface area (Å²) in [4.78, 5) is 25.1. The number of anilines is 2. The highest BCUT2D eigenvalue weighted by Gasteiger charge is 2.19. The van der Waals surface area contributed by atoms with Gasteiger partial charge >= 0.3 is 0 Å². The van der Waals surface area contributed by atoms with Crippen molar-refractivity contribution in [2.24, 2.45) is 0 Å². The van der Waals surface area contributed by atoms with Gasteiger partial charge in [-0.25, -0.2) is 4.39 Å². The maximum Gasteiger partial charge on any atom is 0.269 e. The zero-order valence-corrected chi connectivity index (χ0v) is 18.7. The van der Waals surface area contributed by atoms with Crippen LogP contribution >= 0.6 is 23.1 Å². The predicted molar refractivity (Wildman–Crippen MR) is 122 cm³/mol. The second-order valence-electron chi connectivity index (χ2n) is 6.46. The molecule has 0 bridgehead atoms. The molecular formula is C20H20FN5O4S2. The van der Waals surface area contributed by atoms with Gasteiger partial charge < -0.3 is 15.0 Å². The standard InChI is InChI=1S/C20H20FN5O4S2/c1-30-10-9-22-19-23-24-20(32-19)31-13-18(27)25(16-7-5-15(21)6-8-16)12-14-3-2-4-17(11-14)26(28)29/h2-8,11H,9-10,12-13H2,1H3,(H,22,23). The minimum absolute atomic E-state index is 0.0641. The Kier molecular flexibility index (Phi) is 8.48. The Hall–Kier alpha value is -3.09. The lowest BCUT2D eigenvalue weighted by Crippen LogP contribution is -2.32. The van der Waals surface area contributed by atoms with Crippen LogP contribution in [0.5, 0.6) is 0 Å². The Morgan fingerprint density at radius 1 is 1.28 bits per heavy atom. The molecule has 9 nitrogen and oxygen atoms in total. The van der Waals surface area contributed by atoms with Crippen LogP contribution in [-0.2, 0) is 16.1 Å². The second kappa shape index (κ2) is 11.5. The number of carbonyl (C=O) groups excluding carboxylic acids is 1. The van der Waals surface area contributed by atoms with Crippen molar-refractivity contribution >= 4 is 45.5 Å². The van der Waals surface area contributed by atoms with Crippen molar-refractivity contribution in [3.05, 3.63) is 70.0 Å². The van der Waals surface area contributed by atoms with E-state index in [9.17, 15) is 19.3 Å². The third-order valence-electron chi connectivity index (χ3n) is 4.21. The number of halogens is 1. The molecule has 1 aromatic heterocycles. The van der Waals surface area contributed by atoms with Gasteiger partial charge in [0.15, 0.2) is 4.34 Å². The molecule has 2 aromatic carbocycles. The van der Waals surface area contributed by atoms with E-state index in [0.717, 1.165) is 0 Å². The molecule has 1 amide bonds. The number of thioether (sulfide) groups is 1. The van der Waals surface area contributed by atoms with E-state index in [1.165, 1.54) is 64.4 Å². The second-order valence-corrected chi connectivity index (χ2v) is 8.66. The van der Waals surface area contributed by atoms with Crippen molar-refractivity contribution in [1.82, 2.24) is 10.2 Å². The van der Waals surface area contributed by atoms with Crippen molar-refractivity contribution in [3.8, 4) is 0 Å². The molecule has 0 atom stereocenters. The maximum absolute atomic E-state index is 13.4. The van der Waals surface area contributed by atoms with E-state index in [2.05, 4.69) is 15.5 Å². The van der Waals surface area contributed by atoms with Crippen LogP contribution in [0.25, 0.3) is 0 Å². The highest BCUT2D eigenvalue weighted by atomic mass is 32.2. The number of benzene rings is 2. The molecule has 0 spiro atoms. The highest BCUT2D eigenvalue weighted by molar-refractivity contribution is 8.01. The van der Waals surface area contributed by atoms with Gasteiger partial charge in [-0.15, -0.1) is 10.2 Å². The third-order valence-corrected chi connectivity index (χ3v) is 6.21. The Bertz CT molecular complexity index is 1060. The van der Waals surface area contributed by atoms with Gasteiger partial charge in [-0.3, -0.25) is 14.9 Å². The molecule has 3 rings (SSSR count). The number of nitrogens with zero attached hydrogens (tertiary/aromatic N) is 4. The molecule has 0 saturated heterocycles. The van der Waals surface area contributed by atoms with Crippen LogP contribution < -0.4 is 10.2 Å². The topological polar surface area (TPSA) is 110 Å². The zero-order chi connectivity index (χ0) is 22.9. The molecule has 0 aliphatic heterocycles. The smallest absolute Gasteiger partial charge is 0.269 e. The first-order valence-electron chi connectivity index (χ1n) is 9.44. The number of amides is 1. The van der Waals surface area contributed by atoms with Gasteiger partial charge in [-0.2, -0.15) is 0 Å². The molecule has 0 radical (unpaired) electrons. The van der Waals surface area contributed by atoms with Crippen LogP contribution in [0.4, 0.5) is 20.9 Å². The van der Waals surface area contributed by atoms with Crippen LogP contribution in [0, 0.1) is 15.9 Å². The first kappa shape index (κ1) is 23.6. The summed E-state index contributed by atoms with van der Waals surface area (Å²) in [6.45, 7) is 1.23. The molecule has 32 heavy (non-hydrogen) atoms. The summed E-state index contributed by atoms with van der Waals surface area (Å²) in [6, 6.07) is 11.6. The van der Waals surface area contributed by atoms with Crippen molar-refractivity contribution < 1.29 is 18.8 Å². The first-order valence-corrected chi connectivity index (χ1v) is 11.2. The van der Waals surface area contributed by atoms with Gasteiger partial charge in [0.05, 0.1) is 23.8 Å². The first-order chi connectivity index (χ1) is 15.5. The Balaban J connectivity index is 1.71. The number of hydrogen-bond donors (Lipinski definition) is 1. The summed E-state index contributed by atoms with van der Waals surface area (Å²) < 4.78 is 19.0. The van der Waals surface area contributed by atoms with Crippen LogP contribution in [0.2, 0.25) is 0 Å². The number of methoxy groups -OCH3 is 1. The van der Waals surface area contributed by atoms with E-state index in [-0.39, 0.29) is 23.9 Å². The minimum atomic E-state index is -0.489. The quantitative estimate of drug-likeness (QED) is 0.191. The SMILES string of the molecule is COCCNc1nnc(SCC(=O)N(Cc2cccc([N+](=O)[O-])c2)c2ccc(F)cc2)s1. The fourth-order valence-corrected chi connectivity index (χ4v) is 4.35. The fourth-order valence-electron chi connectivity index (χ4n) is 2.70. The molecule has 0 unspecified atom stereocenters. The van der Waals surface area contributed by atoms with Crippen LogP contribution in [0.15, 0.2) is 52.9 Å². The van der Waals surface area contributed by atoms with E-state index >= 15 is 0 Å². The fraction of sp³-hybridized carbons (Fsp3) is 0.250. The number of ether oxygens (including phenoxy) is 1. The molecular weight excluding hydrogens is 457 g/mol. The predicted octanol–water partition coefficient (Wildman–Crippen LogP) is 3.97. The van der Waals surface area contributed by atoms with Gasteiger partial charge in [-0.1, -0.05) is 35.2 Å². The van der Waals surface area contributed by atoms with E-state index < -0.39 is 10.7 Å². The van der Waals surface area contributed by atoms with E-state index in [1.807, 2.05) is 0 Å². The van der Waals surface area contributed by atoms with Crippen molar-refractivity contribution in [2.45, 2.75) is 10.9 Å². The molecule has 168 valence electrons. The van der Waals surface area contributed by atoms with Gasteiger partial charge in [-0.05, 0) is 29.8 Å². The van der Waals surface area contributed by atoms with Crippen LogP contribution in [0.3, 0.4) is 0 Å². The lowest BCUT2D eigenvalue weighted by Gasteiger charge is -2.23. The molecule has 0 aliphatic carbocycles. The van der Waals surface area contributed by atoms with Gasteiger partial charge in [0.2, 0.25) is 11.0 Å². The molecule has 0 fully saturated rings. The van der Waals surface area contributed by atoms with Crippen LogP contribution in [0.1, 0.15) is 5.56 Å². The molecule has 0 saturated carbocycles. The maximum atomic E-state index is 13.4. The number of nitro groups is 1. The van der Waals surface area contributed by atoms with E-state index in [4.69, 9.17) is 4.74 Å². The highest BCUT2D eigenvalue weighted by Crippen LogP contribution is 2.27. The van der Waals surface area contributed by atoms with Crippen molar-refractivity contribution in [2.75, 3.05) is 36.2 Å². The summed E-state index contributed by atoms with van der Waals surface area (Å²) >= 11 is 2.56. The summed E-state index contributed by atoms with van der Waals surface area (Å²) in [7, 11) is 1.61. The lowest BCUT2D eigenvalue weighted by molar-refractivity contribution is -0.384. The number of hydrogen-bond acceptors (Lipinski definition) is 9. The number of carbonyl (C=O) groups is 1. The molecule has 3 aromatic rings. The minimum Gasteiger partial charge on any atom is -0.383 e. The molecule has 0 aliphatic rings. The Labute approximate surface area is 191 Å². The average molecular weight is 478 g/mol. The zero-order valence-electron chi connectivity index (χ0n) is 17.1. The number of rotatable bonds is 11. The monoisotopic (exact) mass is 477 g/mol. The normalized spacial score (nSPS) is 10.7. The summed E-state index contributed by atoms with van der Waals surface area (Å²) in [5.74, 6) is -0.607. The van der Waals surface area contributed by atoms with Gasteiger partial charge in [0, 0.05) is 31.5 Å². The molecule has 12 heteroatoms. The largest absolute Gasteiger partial charge is 0.383 e.